The summed E-state index contributed by atoms with van der Waals surface area (Å²) in [5.74, 6) is -0.914. The molecule has 128 valence electrons. The number of carbonyl (C=O) groups is 1. The summed E-state index contributed by atoms with van der Waals surface area (Å²) in [7, 11) is 0. The number of carboxylic acid groups (broad SMARTS) is 1. The topological polar surface area (TPSA) is 75.4 Å². The van der Waals surface area contributed by atoms with E-state index in [1.807, 2.05) is 18.7 Å². The van der Waals surface area contributed by atoms with Gasteiger partial charge in [0.2, 0.25) is 0 Å². The standard InChI is InChI=1S/C16H24FN3O3/c1-10(2)6-14(16(22)23)20-15(21)7-11(3)13(18-20)4-5-19-8-12(17)9-19/h7,10,12,14H,4-6,8-9H2,1-3H3,(H,22,23)/t14-/m0/s1. The van der Waals surface area contributed by atoms with Gasteiger partial charge in [-0.15, -0.1) is 0 Å². The summed E-state index contributed by atoms with van der Waals surface area (Å²) in [5, 5.41) is 13.7. The first-order valence-corrected chi connectivity index (χ1v) is 7.96. The molecule has 0 unspecified atom stereocenters. The zero-order valence-corrected chi connectivity index (χ0v) is 13.8. The highest BCUT2D eigenvalue weighted by Gasteiger charge is 2.27. The lowest BCUT2D eigenvalue weighted by atomic mass is 10.0. The number of hydrogen-bond donors (Lipinski definition) is 1. The minimum Gasteiger partial charge on any atom is -0.480 e. The highest BCUT2D eigenvalue weighted by molar-refractivity contribution is 5.71. The van der Waals surface area contributed by atoms with Crippen molar-refractivity contribution in [3.8, 4) is 0 Å². The van der Waals surface area contributed by atoms with Gasteiger partial charge in [0.25, 0.3) is 5.56 Å². The molecule has 1 aromatic rings. The van der Waals surface area contributed by atoms with Crippen LogP contribution in [-0.4, -0.2) is 51.6 Å². The van der Waals surface area contributed by atoms with Crippen LogP contribution in [0.3, 0.4) is 0 Å². The molecule has 0 bridgehead atoms. The molecule has 2 heterocycles. The quantitative estimate of drug-likeness (QED) is 0.820. The van der Waals surface area contributed by atoms with E-state index in [4.69, 9.17) is 0 Å². The molecule has 1 saturated heterocycles. The number of aryl methyl sites for hydroxylation is 1. The minimum atomic E-state index is -1.05. The van der Waals surface area contributed by atoms with Crippen molar-refractivity contribution in [3.63, 3.8) is 0 Å². The normalized spacial score (nSPS) is 17.3. The minimum absolute atomic E-state index is 0.136. The number of alkyl halides is 1. The van der Waals surface area contributed by atoms with Crippen molar-refractivity contribution in [2.24, 2.45) is 5.92 Å². The molecular weight excluding hydrogens is 301 g/mol. The Kier molecular flexibility index (Phi) is 5.51. The number of aliphatic carboxylic acids is 1. The lowest BCUT2D eigenvalue weighted by Gasteiger charge is -2.34. The molecule has 0 aromatic carbocycles. The molecule has 1 aliphatic heterocycles. The summed E-state index contributed by atoms with van der Waals surface area (Å²) in [6.45, 7) is 7.14. The Morgan fingerprint density at radius 2 is 2.13 bits per heavy atom. The van der Waals surface area contributed by atoms with E-state index < -0.39 is 23.7 Å². The number of rotatable bonds is 7. The number of carboxylic acids is 1. The summed E-state index contributed by atoms with van der Waals surface area (Å²) in [5.41, 5.74) is 1.05. The maximum absolute atomic E-state index is 12.8. The Labute approximate surface area is 134 Å². The van der Waals surface area contributed by atoms with Crippen LogP contribution >= 0.6 is 0 Å². The van der Waals surface area contributed by atoms with E-state index in [-0.39, 0.29) is 5.92 Å². The summed E-state index contributed by atoms with van der Waals surface area (Å²) in [4.78, 5) is 25.6. The third kappa shape index (κ3) is 4.37. The smallest absolute Gasteiger partial charge is 0.328 e. The molecule has 0 aliphatic carbocycles. The molecule has 1 fully saturated rings. The van der Waals surface area contributed by atoms with Crippen LogP contribution in [0.15, 0.2) is 10.9 Å². The maximum Gasteiger partial charge on any atom is 0.328 e. The van der Waals surface area contributed by atoms with Crippen molar-refractivity contribution in [2.75, 3.05) is 19.6 Å². The number of halogens is 1. The van der Waals surface area contributed by atoms with Crippen LogP contribution in [0.5, 0.6) is 0 Å². The number of aromatic nitrogens is 2. The average molecular weight is 325 g/mol. The van der Waals surface area contributed by atoms with Gasteiger partial charge in [0.15, 0.2) is 6.04 Å². The molecule has 2 rings (SSSR count). The van der Waals surface area contributed by atoms with Crippen LogP contribution in [0.25, 0.3) is 0 Å². The van der Waals surface area contributed by atoms with E-state index in [0.717, 1.165) is 10.2 Å². The molecule has 0 spiro atoms. The van der Waals surface area contributed by atoms with Crippen LogP contribution < -0.4 is 5.56 Å². The average Bonchev–Trinajstić information content (AvgIpc) is 2.41. The van der Waals surface area contributed by atoms with Crippen LogP contribution in [0, 0.1) is 12.8 Å². The van der Waals surface area contributed by atoms with Crippen molar-refractivity contribution in [2.45, 2.75) is 45.8 Å². The van der Waals surface area contributed by atoms with Gasteiger partial charge < -0.3 is 5.11 Å². The van der Waals surface area contributed by atoms with Crippen molar-refractivity contribution in [1.82, 2.24) is 14.7 Å². The predicted molar refractivity (Wildman–Crippen MR) is 84.4 cm³/mol. The van der Waals surface area contributed by atoms with Gasteiger partial charge >= 0.3 is 5.97 Å². The third-order valence-electron chi connectivity index (χ3n) is 4.10. The molecule has 0 radical (unpaired) electrons. The van der Waals surface area contributed by atoms with Gasteiger partial charge in [0.1, 0.15) is 6.17 Å². The van der Waals surface area contributed by atoms with Crippen molar-refractivity contribution in [3.05, 3.63) is 27.7 Å². The van der Waals surface area contributed by atoms with Crippen molar-refractivity contribution < 1.29 is 14.3 Å². The largest absolute Gasteiger partial charge is 0.480 e. The fraction of sp³-hybridized carbons (Fsp3) is 0.688. The van der Waals surface area contributed by atoms with E-state index in [0.29, 0.717) is 38.2 Å². The second kappa shape index (κ2) is 7.21. The first kappa shape index (κ1) is 17.6. The van der Waals surface area contributed by atoms with Gasteiger partial charge in [-0.2, -0.15) is 5.10 Å². The van der Waals surface area contributed by atoms with E-state index in [2.05, 4.69) is 5.10 Å². The first-order chi connectivity index (χ1) is 10.8. The highest BCUT2D eigenvalue weighted by Crippen LogP contribution is 2.17. The lowest BCUT2D eigenvalue weighted by Crippen LogP contribution is -2.49. The zero-order valence-electron chi connectivity index (χ0n) is 13.8. The van der Waals surface area contributed by atoms with Gasteiger partial charge in [-0.05, 0) is 24.8 Å². The monoisotopic (exact) mass is 325 g/mol. The fourth-order valence-electron chi connectivity index (χ4n) is 2.77. The first-order valence-electron chi connectivity index (χ1n) is 7.96. The molecule has 1 aromatic heterocycles. The maximum atomic E-state index is 12.8. The van der Waals surface area contributed by atoms with E-state index >= 15 is 0 Å². The van der Waals surface area contributed by atoms with Crippen molar-refractivity contribution in [1.29, 1.82) is 0 Å². The van der Waals surface area contributed by atoms with Crippen LogP contribution in [0.4, 0.5) is 4.39 Å². The molecule has 1 N–H and O–H groups in total. The fourth-order valence-corrected chi connectivity index (χ4v) is 2.77. The van der Waals surface area contributed by atoms with Gasteiger partial charge in [-0.3, -0.25) is 9.69 Å². The van der Waals surface area contributed by atoms with Crippen molar-refractivity contribution >= 4 is 5.97 Å². The molecule has 6 nitrogen and oxygen atoms in total. The van der Waals surface area contributed by atoms with E-state index in [1.165, 1.54) is 6.07 Å². The SMILES string of the molecule is Cc1cc(=O)n([C@@H](CC(C)C)C(=O)O)nc1CCN1CC(F)C1. The summed E-state index contributed by atoms with van der Waals surface area (Å²) < 4.78 is 13.9. The molecule has 1 atom stereocenters. The second-order valence-corrected chi connectivity index (χ2v) is 6.65. The Balaban J connectivity index is 2.20. The Morgan fingerprint density at radius 1 is 1.48 bits per heavy atom. The highest BCUT2D eigenvalue weighted by atomic mass is 19.1. The van der Waals surface area contributed by atoms with Gasteiger partial charge in [0.05, 0.1) is 5.69 Å². The molecule has 0 amide bonds. The number of nitrogens with zero attached hydrogens (tertiary/aromatic N) is 3. The lowest BCUT2D eigenvalue weighted by molar-refractivity contribution is -0.141. The van der Waals surface area contributed by atoms with Crippen LogP contribution in [-0.2, 0) is 11.2 Å². The number of hydrogen-bond acceptors (Lipinski definition) is 4. The molecule has 23 heavy (non-hydrogen) atoms. The van der Waals surface area contributed by atoms with E-state index in [1.54, 1.807) is 6.92 Å². The van der Waals surface area contributed by atoms with Gasteiger partial charge in [0, 0.05) is 32.1 Å². The Hall–Kier alpha value is -1.76. The molecule has 7 heteroatoms. The summed E-state index contributed by atoms with van der Waals surface area (Å²) >= 11 is 0. The molecule has 1 aliphatic rings. The van der Waals surface area contributed by atoms with E-state index in [9.17, 15) is 19.1 Å². The van der Waals surface area contributed by atoms with Crippen LogP contribution in [0.2, 0.25) is 0 Å². The predicted octanol–water partition coefficient (Wildman–Crippen LogP) is 1.42. The summed E-state index contributed by atoms with van der Waals surface area (Å²) in [6, 6.07) is 0.480. The molecule has 0 saturated carbocycles. The second-order valence-electron chi connectivity index (χ2n) is 6.65. The molecular formula is C16H24FN3O3. The number of likely N-dealkylation sites (tertiary alicyclic amines) is 1. The van der Waals surface area contributed by atoms with Gasteiger partial charge in [-0.25, -0.2) is 13.9 Å². The van der Waals surface area contributed by atoms with Crippen LogP contribution in [0.1, 0.15) is 37.6 Å². The Morgan fingerprint density at radius 3 is 2.65 bits per heavy atom. The third-order valence-corrected chi connectivity index (χ3v) is 4.10. The Bertz CT molecular complexity index is 623. The van der Waals surface area contributed by atoms with Gasteiger partial charge in [-0.1, -0.05) is 13.8 Å². The zero-order chi connectivity index (χ0) is 17.1. The summed E-state index contributed by atoms with van der Waals surface area (Å²) in [6.07, 6.45) is 0.174.